The Labute approximate surface area is 86.3 Å². The first-order valence-corrected chi connectivity index (χ1v) is 4.34. The molecule has 0 saturated carbocycles. The molecule has 0 heterocycles. The minimum absolute atomic E-state index is 0.120. The van der Waals surface area contributed by atoms with Gasteiger partial charge in [0, 0.05) is 11.6 Å². The van der Waals surface area contributed by atoms with Crippen LogP contribution >= 0.6 is 0 Å². The van der Waals surface area contributed by atoms with Crippen LogP contribution in [0.15, 0.2) is 24.0 Å². The largest absolute Gasteiger partial charge is 0.507 e. The van der Waals surface area contributed by atoms with Crippen molar-refractivity contribution in [3.05, 3.63) is 35.1 Å². The van der Waals surface area contributed by atoms with Crippen LogP contribution in [0.2, 0.25) is 0 Å². The first kappa shape index (κ1) is 9.52. The van der Waals surface area contributed by atoms with E-state index in [1.807, 2.05) is 0 Å². The fraction of sp³-hybridized carbons (Fsp3) is 0. The van der Waals surface area contributed by atoms with Crippen molar-refractivity contribution in [3.63, 3.8) is 0 Å². The van der Waals surface area contributed by atoms with Gasteiger partial charge in [-0.05, 0) is 6.07 Å². The van der Waals surface area contributed by atoms with Gasteiger partial charge in [-0.3, -0.25) is 9.59 Å². The van der Waals surface area contributed by atoms with Crippen LogP contribution in [0.1, 0.15) is 20.7 Å². The maximum absolute atomic E-state index is 11.5. The van der Waals surface area contributed by atoms with Crippen molar-refractivity contribution in [2.75, 3.05) is 0 Å². The van der Waals surface area contributed by atoms with Crippen molar-refractivity contribution < 1.29 is 19.8 Å². The second-order valence-corrected chi connectivity index (χ2v) is 3.43. The summed E-state index contributed by atoms with van der Waals surface area (Å²) in [5, 5.41) is 18.7. The molecule has 1 aliphatic carbocycles. The third kappa shape index (κ3) is 1.32. The maximum Gasteiger partial charge on any atom is 0.231 e. The molecule has 0 bridgehead atoms. The van der Waals surface area contributed by atoms with E-state index in [4.69, 9.17) is 5.11 Å². The number of Topliss-reactive ketones (excluding diaryl/α,β-unsaturated/α-hetero) is 1. The van der Waals surface area contributed by atoms with Gasteiger partial charge in [0.15, 0.2) is 11.5 Å². The van der Waals surface area contributed by atoms with Crippen LogP contribution in [0.25, 0.3) is 0 Å². The van der Waals surface area contributed by atoms with Gasteiger partial charge in [0.1, 0.15) is 13.6 Å². The summed E-state index contributed by atoms with van der Waals surface area (Å²) in [4.78, 5) is 22.9. The summed E-state index contributed by atoms with van der Waals surface area (Å²) in [6, 6.07) is 2.89. The van der Waals surface area contributed by atoms with E-state index in [2.05, 4.69) is 0 Å². The Balaban J connectivity index is 2.78. The van der Waals surface area contributed by atoms with E-state index >= 15 is 0 Å². The van der Waals surface area contributed by atoms with Crippen molar-refractivity contribution in [2.45, 2.75) is 0 Å². The van der Waals surface area contributed by atoms with E-state index < -0.39 is 17.3 Å². The molecular weight excluding hydrogens is 195 g/mol. The molecule has 74 valence electrons. The van der Waals surface area contributed by atoms with Crippen LogP contribution in [0.5, 0.6) is 5.75 Å². The number of carbonyl (C=O) groups is 2. The average molecular weight is 202 g/mol. The zero-order valence-corrected chi connectivity index (χ0v) is 7.94. The number of hydrogen-bond acceptors (Lipinski definition) is 4. The molecule has 2 N–H and O–H groups in total. The molecule has 0 aromatic heterocycles. The number of benzene rings is 1. The van der Waals surface area contributed by atoms with E-state index in [0.717, 1.165) is 6.08 Å². The standard InChI is InChI=1S/C10H7BO4/c11-4-1-5-6(12)3-8(14)10(15)9(5)7(13)2-4/h1-3,13-14H,11H2. The summed E-state index contributed by atoms with van der Waals surface area (Å²) in [6.07, 6.45) is 0.865. The quantitative estimate of drug-likeness (QED) is 0.554. The average Bonchev–Trinajstić information content (AvgIpc) is 2.13. The number of rotatable bonds is 0. The number of aliphatic hydroxyl groups is 1. The van der Waals surface area contributed by atoms with Crippen LogP contribution in [-0.4, -0.2) is 29.6 Å². The highest BCUT2D eigenvalue weighted by molar-refractivity contribution is 6.34. The Kier molecular flexibility index (Phi) is 1.89. The summed E-state index contributed by atoms with van der Waals surface area (Å²) >= 11 is 0. The number of aromatic hydroxyl groups is 1. The minimum atomic E-state index is -0.720. The zero-order chi connectivity index (χ0) is 11.2. The first-order valence-electron chi connectivity index (χ1n) is 4.34. The molecule has 0 saturated heterocycles. The van der Waals surface area contributed by atoms with Gasteiger partial charge in [-0.25, -0.2) is 0 Å². The number of allylic oxidation sites excluding steroid dienone is 2. The Morgan fingerprint density at radius 2 is 1.80 bits per heavy atom. The predicted octanol–water partition coefficient (Wildman–Crippen LogP) is -0.529. The molecule has 15 heavy (non-hydrogen) atoms. The fourth-order valence-corrected chi connectivity index (χ4v) is 1.60. The summed E-state index contributed by atoms with van der Waals surface area (Å²) < 4.78 is 0. The molecule has 0 atom stereocenters. The van der Waals surface area contributed by atoms with Crippen molar-refractivity contribution in [3.8, 4) is 5.75 Å². The maximum atomic E-state index is 11.5. The molecule has 0 spiro atoms. The SMILES string of the molecule is Bc1cc(O)c2c(c1)C(=O)C=C(O)C2=O. The van der Waals surface area contributed by atoms with E-state index in [0.29, 0.717) is 5.46 Å². The molecule has 0 fully saturated rings. The van der Waals surface area contributed by atoms with Crippen LogP contribution in [0.3, 0.4) is 0 Å². The lowest BCUT2D eigenvalue weighted by atomic mass is 9.86. The number of carbonyl (C=O) groups excluding carboxylic acids is 2. The molecule has 0 aliphatic heterocycles. The van der Waals surface area contributed by atoms with Gasteiger partial charge < -0.3 is 10.2 Å². The van der Waals surface area contributed by atoms with E-state index in [1.165, 1.54) is 12.1 Å². The number of ketones is 2. The topological polar surface area (TPSA) is 74.6 Å². The summed E-state index contributed by atoms with van der Waals surface area (Å²) in [5.74, 6) is -2.10. The molecule has 1 aromatic rings. The molecular formula is C10H7BO4. The van der Waals surface area contributed by atoms with E-state index in [1.54, 1.807) is 7.85 Å². The summed E-state index contributed by atoms with van der Waals surface area (Å²) in [5.41, 5.74) is 0.697. The third-order valence-electron chi connectivity index (χ3n) is 2.25. The number of aliphatic hydroxyl groups excluding tert-OH is 1. The monoisotopic (exact) mass is 202 g/mol. The van der Waals surface area contributed by atoms with Crippen LogP contribution in [-0.2, 0) is 0 Å². The van der Waals surface area contributed by atoms with Gasteiger partial charge in [0.2, 0.25) is 5.78 Å². The van der Waals surface area contributed by atoms with Crippen LogP contribution in [0.4, 0.5) is 0 Å². The van der Waals surface area contributed by atoms with Crippen molar-refractivity contribution in [1.29, 1.82) is 0 Å². The second-order valence-electron chi connectivity index (χ2n) is 3.43. The number of phenolic OH excluding ortho intramolecular Hbond substituents is 1. The Morgan fingerprint density at radius 3 is 2.47 bits per heavy atom. The van der Waals surface area contributed by atoms with Crippen molar-refractivity contribution >= 4 is 24.9 Å². The van der Waals surface area contributed by atoms with Gasteiger partial charge in [-0.15, -0.1) is 0 Å². The first-order chi connectivity index (χ1) is 7.00. The minimum Gasteiger partial charge on any atom is -0.507 e. The van der Waals surface area contributed by atoms with Crippen LogP contribution < -0.4 is 5.46 Å². The van der Waals surface area contributed by atoms with Crippen LogP contribution in [0, 0.1) is 0 Å². The van der Waals surface area contributed by atoms with Crippen molar-refractivity contribution in [2.24, 2.45) is 0 Å². The molecule has 2 rings (SSSR count). The lowest BCUT2D eigenvalue weighted by Gasteiger charge is -2.13. The molecule has 0 radical (unpaired) electrons. The molecule has 1 aromatic carbocycles. The van der Waals surface area contributed by atoms with Gasteiger partial charge in [-0.1, -0.05) is 11.5 Å². The Hall–Kier alpha value is -2.04. The molecule has 5 heteroatoms. The van der Waals surface area contributed by atoms with E-state index in [9.17, 15) is 14.7 Å². The normalized spacial score (nSPS) is 14.8. The Morgan fingerprint density at radius 1 is 1.13 bits per heavy atom. The van der Waals surface area contributed by atoms with Gasteiger partial charge >= 0.3 is 0 Å². The second kappa shape index (κ2) is 2.98. The predicted molar refractivity (Wildman–Crippen MR) is 55.7 cm³/mol. The highest BCUT2D eigenvalue weighted by atomic mass is 16.3. The van der Waals surface area contributed by atoms with Gasteiger partial charge in [0.05, 0.1) is 5.56 Å². The molecule has 1 aliphatic rings. The molecule has 0 unspecified atom stereocenters. The molecule has 4 nitrogen and oxygen atoms in total. The number of fused-ring (bicyclic) bond motifs is 1. The van der Waals surface area contributed by atoms with Gasteiger partial charge in [-0.2, -0.15) is 0 Å². The highest BCUT2D eigenvalue weighted by Gasteiger charge is 2.28. The van der Waals surface area contributed by atoms with Crippen molar-refractivity contribution in [1.82, 2.24) is 0 Å². The summed E-state index contributed by atoms with van der Waals surface area (Å²) in [7, 11) is 1.70. The third-order valence-corrected chi connectivity index (χ3v) is 2.25. The number of phenols is 1. The lowest BCUT2D eigenvalue weighted by molar-refractivity contribution is 0.0936. The number of hydrogen-bond donors (Lipinski definition) is 2. The smallest absolute Gasteiger partial charge is 0.231 e. The lowest BCUT2D eigenvalue weighted by Crippen LogP contribution is -2.20. The summed E-state index contributed by atoms with van der Waals surface area (Å²) in [6.45, 7) is 0. The van der Waals surface area contributed by atoms with E-state index in [-0.39, 0.29) is 16.9 Å². The molecule has 0 amide bonds. The zero-order valence-electron chi connectivity index (χ0n) is 7.94. The highest BCUT2D eigenvalue weighted by Crippen LogP contribution is 2.26. The van der Waals surface area contributed by atoms with Gasteiger partial charge in [0.25, 0.3) is 0 Å². The fourth-order valence-electron chi connectivity index (χ4n) is 1.60. The Bertz CT molecular complexity index is 516.